The van der Waals surface area contributed by atoms with Gasteiger partial charge in [0.2, 0.25) is 59.2 Å². The molecule has 5 aromatic heterocycles. The normalized spacial score (nSPS) is 14.2. The van der Waals surface area contributed by atoms with Crippen LogP contribution in [0.4, 0.5) is 11.9 Å². The fraction of sp³-hybridized carbons (Fsp3) is 0.600. The van der Waals surface area contributed by atoms with E-state index in [0.717, 1.165) is 51.0 Å². The number of aryl methyl sites for hydroxylation is 6. The van der Waals surface area contributed by atoms with Gasteiger partial charge in [-0.2, -0.15) is 10.2 Å². The monoisotopic (exact) mass is 1670 g/mol. The number of rotatable bonds is 52. The summed E-state index contributed by atoms with van der Waals surface area (Å²) in [6, 6.07) is 4.76. The zero-order chi connectivity index (χ0) is 86.5. The number of likely N-dealkylation sites (tertiary alicyclic amines) is 1. The van der Waals surface area contributed by atoms with E-state index in [4.69, 9.17) is 61.5 Å². The molecule has 0 radical (unpaired) electrons. The third-order valence-electron chi connectivity index (χ3n) is 20.5. The van der Waals surface area contributed by atoms with Gasteiger partial charge in [-0.3, -0.25) is 67.9 Å². The van der Waals surface area contributed by atoms with Crippen molar-refractivity contribution >= 4 is 93.0 Å². The van der Waals surface area contributed by atoms with E-state index in [2.05, 4.69) is 66.6 Å². The Morgan fingerprint density at radius 3 is 1.55 bits per heavy atom. The van der Waals surface area contributed by atoms with Crippen molar-refractivity contribution in [3.05, 3.63) is 81.9 Å². The van der Waals surface area contributed by atoms with Crippen LogP contribution in [0.3, 0.4) is 0 Å². The van der Waals surface area contributed by atoms with Crippen LogP contribution >= 0.6 is 0 Å². The maximum absolute atomic E-state index is 14.5. The number of ether oxygens (including phenoxy) is 6. The number of anilines is 2. The Hall–Kier alpha value is -11.0. The zero-order valence-corrected chi connectivity index (χ0v) is 70.3. The van der Waals surface area contributed by atoms with Gasteiger partial charge in [0.25, 0.3) is 11.8 Å². The molecular weight excluding hydrogens is 1560 g/mol. The molecule has 10 amide bonds. The number of piperidine rings is 1. The Morgan fingerprint density at radius 1 is 0.542 bits per heavy atom. The maximum Gasteiger partial charge on any atom is 0.276 e. The second-order valence-corrected chi connectivity index (χ2v) is 30.4. The second-order valence-electron chi connectivity index (χ2n) is 30.4. The maximum atomic E-state index is 14.5. The minimum atomic E-state index is -1.51. The third-order valence-corrected chi connectivity index (χ3v) is 20.5. The number of primary amides is 3. The molecule has 7 heterocycles. The molecule has 0 spiro atoms. The molecule has 0 unspecified atom stereocenters. The van der Waals surface area contributed by atoms with Crippen molar-refractivity contribution < 1.29 is 81.2 Å². The van der Waals surface area contributed by atoms with Crippen LogP contribution < -0.4 is 64.5 Å². The van der Waals surface area contributed by atoms with E-state index in [0.29, 0.717) is 180 Å². The average molecular weight is 1670 g/mol. The molecule has 9 rings (SSSR count). The van der Waals surface area contributed by atoms with Crippen LogP contribution in [0, 0.1) is 19.8 Å². The van der Waals surface area contributed by atoms with Crippen LogP contribution in [0.25, 0.3) is 22.1 Å². The zero-order valence-electron chi connectivity index (χ0n) is 70.3. The molecule has 2 aliphatic rings. The van der Waals surface area contributed by atoms with Crippen LogP contribution in [-0.4, -0.2) is 246 Å². The largest absolute Gasteiger partial charge is 0.494 e. The van der Waals surface area contributed by atoms with Crippen LogP contribution in [0.5, 0.6) is 11.5 Å². The topological polar surface area (TPSA) is 520 Å². The summed E-state index contributed by atoms with van der Waals surface area (Å²) >= 11 is 0. The van der Waals surface area contributed by atoms with Gasteiger partial charge in [0.15, 0.2) is 5.82 Å². The van der Waals surface area contributed by atoms with Gasteiger partial charge in [-0.1, -0.05) is 13.8 Å². The molecular formula is C80H119N23O17. The number of aromatic nitrogens is 11. The van der Waals surface area contributed by atoms with Gasteiger partial charge in [-0.25, -0.2) is 15.9 Å². The number of hydrogen-bond donors (Lipinski definition) is 10. The minimum absolute atomic E-state index is 0.0650. The average Bonchev–Trinajstić information content (AvgIpc) is 1.63. The number of benzene rings is 2. The second kappa shape index (κ2) is 45.9. The van der Waals surface area contributed by atoms with Crippen LogP contribution in [0.15, 0.2) is 36.4 Å². The van der Waals surface area contributed by atoms with Crippen LogP contribution in [0.1, 0.15) is 196 Å². The van der Waals surface area contributed by atoms with Gasteiger partial charge >= 0.3 is 0 Å². The first-order valence-corrected chi connectivity index (χ1v) is 41.3. The van der Waals surface area contributed by atoms with E-state index in [1.54, 1.807) is 58.4 Å². The van der Waals surface area contributed by atoms with Crippen molar-refractivity contribution in [2.24, 2.45) is 29.0 Å². The molecule has 2 aliphatic heterocycles. The summed E-state index contributed by atoms with van der Waals surface area (Å²) in [4.78, 5) is 152. The van der Waals surface area contributed by atoms with Crippen molar-refractivity contribution in [3.63, 3.8) is 0 Å². The highest BCUT2D eigenvalue weighted by Gasteiger charge is 2.37. The number of carbonyl (C=O) groups is 10. The number of nitrogens with two attached hydrogens (primary N) is 4. The lowest BCUT2D eigenvalue weighted by Gasteiger charge is -2.34. The molecule has 4 atom stereocenters. The number of imidazole rings is 2. The minimum Gasteiger partial charge on any atom is -0.494 e. The van der Waals surface area contributed by atoms with Crippen molar-refractivity contribution in [2.45, 2.75) is 208 Å². The van der Waals surface area contributed by atoms with Gasteiger partial charge in [0.1, 0.15) is 63.9 Å². The SMILES string of the molecule is CCn1nc(C)cc1C(=O)Nc1nc2cc(C(N)=O)cc(OC)c2n1CCCCn1c(NC(=O)c2cc(C)nn2CC)nc2cc(C(N)=O)cc(OCCCN3CCC(c4nnc5n4CCN(C(=O)[C@H](CC(C)C)NC(=O)[C@H](CC(N)=O)NC(=O)[C@H](C)NC(=O)[C@H](C)NC(=O)CCCOCCCOCCCOCCCOCCCON)C5)CC3)c21. The summed E-state index contributed by atoms with van der Waals surface area (Å²) in [5.74, 6) is 1.06. The fourth-order valence-corrected chi connectivity index (χ4v) is 14.5. The molecule has 0 aliphatic carbocycles. The molecule has 656 valence electrons. The van der Waals surface area contributed by atoms with Crippen LogP contribution in [-0.2, 0) is 91.8 Å². The van der Waals surface area contributed by atoms with E-state index in [9.17, 15) is 47.9 Å². The Balaban J connectivity index is 0.750. The summed E-state index contributed by atoms with van der Waals surface area (Å²) in [6.07, 6.45) is 6.14. The van der Waals surface area contributed by atoms with E-state index in [1.165, 1.54) is 27.0 Å². The standard InChI is InChI=1S/C80H119N23O17/c1-10-102-61(41-50(5)95-102)76(111)91-79-89-57-43-55(70(82)106)45-63(114-9)68(57)100(79)24-12-13-25-101-69-58(90-80(101)92-77(112)62-42-51(6)96-103(62)11-2)44-56(71(83)107)46-64(69)119-38-15-23-97-26-21-54(22-27-97)72-94-93-66-48-98(28-29-99(66)72)78(113)60(40-49(3)4)88-75(110)59(47-65(81)104)87-74(109)53(8)86-73(108)52(7)85-67(105)20-14-30-115-31-16-32-116-33-17-34-117-35-18-36-118-37-19-39-120-84/h41-46,49,52-54,59-60H,10-40,47-48,84H2,1-9H3,(H2,81,104)(H2,82,106)(H2,83,107)(H,85,105)(H,86,108)(H,87,109)(H,88,110)(H,89,91,111)(H,90,92,112)/t52-,53-,59-,60-/m0/s1. The van der Waals surface area contributed by atoms with Crippen molar-refractivity contribution in [2.75, 3.05) is 110 Å². The first-order chi connectivity index (χ1) is 57.7. The molecule has 0 bridgehead atoms. The molecule has 0 saturated carbocycles. The summed E-state index contributed by atoms with van der Waals surface area (Å²) < 4.78 is 43.6. The summed E-state index contributed by atoms with van der Waals surface area (Å²) in [6.45, 7) is 23.3. The predicted octanol–water partition coefficient (Wildman–Crippen LogP) is 3.41. The predicted molar refractivity (Wildman–Crippen MR) is 441 cm³/mol. The highest BCUT2D eigenvalue weighted by atomic mass is 16.6. The smallest absolute Gasteiger partial charge is 0.276 e. The van der Waals surface area contributed by atoms with Gasteiger partial charge in [0.05, 0.1) is 55.7 Å². The number of hydrogen-bond acceptors (Lipinski definition) is 25. The first-order valence-electron chi connectivity index (χ1n) is 41.3. The molecule has 40 heteroatoms. The van der Waals surface area contributed by atoms with Gasteiger partial charge in [0, 0.05) is 122 Å². The first kappa shape index (κ1) is 92.8. The summed E-state index contributed by atoms with van der Waals surface area (Å²) in [5.41, 5.74) is 21.2. The number of nitrogens with one attached hydrogen (secondary N) is 6. The third kappa shape index (κ3) is 26.2. The van der Waals surface area contributed by atoms with E-state index in [-0.39, 0.29) is 80.5 Å². The van der Waals surface area contributed by atoms with Crippen molar-refractivity contribution in [1.29, 1.82) is 0 Å². The van der Waals surface area contributed by atoms with Crippen LogP contribution in [0.2, 0.25) is 0 Å². The van der Waals surface area contributed by atoms with E-state index in [1.807, 2.05) is 36.8 Å². The molecule has 1 fully saturated rings. The molecule has 40 nitrogen and oxygen atoms in total. The molecule has 7 aromatic rings. The number of nitrogens with zero attached hydrogens (tertiary/aromatic N) is 13. The highest BCUT2D eigenvalue weighted by molar-refractivity contribution is 6.06. The summed E-state index contributed by atoms with van der Waals surface area (Å²) in [7, 11) is 1.46. The molecule has 1 saturated heterocycles. The van der Waals surface area contributed by atoms with E-state index >= 15 is 0 Å². The number of unbranched alkanes of at least 4 members (excludes halogenated alkanes) is 1. The lowest BCUT2D eigenvalue weighted by Crippen LogP contribution is -2.58. The highest BCUT2D eigenvalue weighted by Crippen LogP contribution is 2.35. The van der Waals surface area contributed by atoms with Gasteiger partial charge in [-0.05, 0) is 168 Å². The summed E-state index contributed by atoms with van der Waals surface area (Å²) in [5, 5.41) is 34.6. The molecule has 120 heavy (non-hydrogen) atoms. The number of amides is 10. The number of carbonyl (C=O) groups excluding carboxylic acids is 10. The fourth-order valence-electron chi connectivity index (χ4n) is 14.5. The van der Waals surface area contributed by atoms with Gasteiger partial charge in [-0.15, -0.1) is 10.2 Å². The lowest BCUT2D eigenvalue weighted by atomic mass is 9.95. The van der Waals surface area contributed by atoms with Crippen molar-refractivity contribution in [1.82, 2.24) is 84.5 Å². The Bertz CT molecular complexity index is 4660. The van der Waals surface area contributed by atoms with E-state index < -0.39 is 89.7 Å². The number of methoxy groups -OCH3 is 1. The Labute approximate surface area is 696 Å². The molecule has 2 aromatic carbocycles. The Kier molecular flexibility index (Phi) is 35.5. The lowest BCUT2D eigenvalue weighted by molar-refractivity contribution is -0.139. The Morgan fingerprint density at radius 2 is 1.04 bits per heavy atom. The van der Waals surface area contributed by atoms with Crippen molar-refractivity contribution in [3.8, 4) is 11.5 Å². The molecule has 14 N–H and O–H groups in total. The van der Waals surface area contributed by atoms with Gasteiger partial charge < -0.3 is 95.2 Å². The quantitative estimate of drug-likeness (QED) is 0.0193. The number of fused-ring (bicyclic) bond motifs is 3.